The van der Waals surface area contributed by atoms with Crippen LogP contribution in [0.5, 0.6) is 0 Å². The van der Waals surface area contributed by atoms with Gasteiger partial charge in [0.2, 0.25) is 0 Å². The van der Waals surface area contributed by atoms with E-state index < -0.39 is 22.5 Å². The van der Waals surface area contributed by atoms with Crippen molar-refractivity contribution in [2.24, 2.45) is 8.93 Å². The van der Waals surface area contributed by atoms with Crippen LogP contribution in [0.25, 0.3) is 0 Å². The fourth-order valence-corrected chi connectivity index (χ4v) is 13.1. The van der Waals surface area contributed by atoms with E-state index in [9.17, 15) is 0 Å². The third-order valence-corrected chi connectivity index (χ3v) is 9.29. The molecule has 0 aromatic rings. The van der Waals surface area contributed by atoms with Crippen molar-refractivity contribution in [1.82, 2.24) is 0 Å². The van der Waals surface area contributed by atoms with E-state index in [0.717, 1.165) is 0 Å². The molecule has 0 aromatic carbocycles. The predicted molar refractivity (Wildman–Crippen MR) is 71.7 cm³/mol. The summed E-state index contributed by atoms with van der Waals surface area (Å²) in [5, 5.41) is 0. The molecule has 0 aromatic heterocycles. The number of hydrogen-bond acceptors (Lipinski definition) is 1. The standard InChI is InChI=1S/C8H24N2P2Si/c1-11(2,3)9-12(4,5)10-13(6,7)8/h1-8H3. The predicted octanol–water partition coefficient (Wildman–Crippen LogP) is 4.29. The average Bonchev–Trinajstić information content (AvgIpc) is 1.43. The molecule has 0 atom stereocenters. The molecule has 0 amide bonds. The second-order valence-electron chi connectivity index (χ2n) is 5.64. The van der Waals surface area contributed by atoms with Gasteiger partial charge in [-0.1, -0.05) is 19.6 Å². The lowest BCUT2D eigenvalue weighted by Crippen LogP contribution is -2.15. The maximum atomic E-state index is 4.94. The summed E-state index contributed by atoms with van der Waals surface area (Å²) < 4.78 is 9.85. The zero-order valence-electron chi connectivity index (χ0n) is 10.3. The van der Waals surface area contributed by atoms with Gasteiger partial charge in [0.25, 0.3) is 0 Å². The molecule has 80 valence electrons. The Hall–Kier alpha value is 0.677. The molecule has 0 unspecified atom stereocenters. The van der Waals surface area contributed by atoms with Crippen molar-refractivity contribution >= 4 is 22.5 Å². The maximum Gasteiger partial charge on any atom is 0.172 e. The minimum atomic E-state index is -1.32. The Kier molecular flexibility index (Phi) is 4.25. The third-order valence-electron chi connectivity index (χ3n) is 1.03. The highest BCUT2D eigenvalue weighted by atomic mass is 31.2. The van der Waals surface area contributed by atoms with Gasteiger partial charge in [-0.2, -0.15) is 0 Å². The van der Waals surface area contributed by atoms with Crippen molar-refractivity contribution in [1.29, 1.82) is 0 Å². The molecule has 2 nitrogen and oxygen atoms in total. The van der Waals surface area contributed by atoms with Crippen LogP contribution in [-0.2, 0) is 0 Å². The molecule has 0 radical (unpaired) electrons. The van der Waals surface area contributed by atoms with Crippen LogP contribution in [0.4, 0.5) is 0 Å². The molecule has 13 heavy (non-hydrogen) atoms. The van der Waals surface area contributed by atoms with Gasteiger partial charge in [0, 0.05) is 0 Å². The molecule has 5 heteroatoms. The van der Waals surface area contributed by atoms with E-state index in [2.05, 4.69) is 53.0 Å². The van der Waals surface area contributed by atoms with E-state index in [-0.39, 0.29) is 0 Å². The lowest BCUT2D eigenvalue weighted by Gasteiger charge is -2.20. The van der Waals surface area contributed by atoms with Crippen LogP contribution in [-0.4, -0.2) is 41.6 Å². The van der Waals surface area contributed by atoms with Gasteiger partial charge in [-0.3, -0.25) is 4.52 Å². The zero-order valence-corrected chi connectivity index (χ0v) is 13.1. The average molecular weight is 238 g/mol. The Bertz CT molecular complexity index is 269. The number of rotatable bonds is 2. The van der Waals surface area contributed by atoms with Crippen LogP contribution in [0.15, 0.2) is 8.93 Å². The Labute approximate surface area is 84.8 Å². The zero-order chi connectivity index (χ0) is 10.9. The molecule has 0 aliphatic rings. The van der Waals surface area contributed by atoms with E-state index in [1.807, 2.05) is 0 Å². The fourth-order valence-electron chi connectivity index (χ4n) is 1.41. The molecule has 0 aliphatic carbocycles. The van der Waals surface area contributed by atoms with Crippen molar-refractivity contribution in [3.63, 3.8) is 0 Å². The highest BCUT2D eigenvalue weighted by molar-refractivity contribution is 7.75. The summed E-state index contributed by atoms with van der Waals surface area (Å²) in [5.41, 5.74) is 0. The minimum Gasteiger partial charge on any atom is -0.319 e. The first-order chi connectivity index (χ1) is 5.41. The fraction of sp³-hybridized carbons (Fsp3) is 1.00. The van der Waals surface area contributed by atoms with Gasteiger partial charge in [-0.05, 0) is 40.4 Å². The maximum absolute atomic E-state index is 4.94. The van der Waals surface area contributed by atoms with E-state index >= 15 is 0 Å². The summed E-state index contributed by atoms with van der Waals surface area (Å²) in [7, 11) is -3.64. The normalized spacial score (nSPS) is 14.2. The summed E-state index contributed by atoms with van der Waals surface area (Å²) in [4.78, 5) is 0. The minimum absolute atomic E-state index is 1.02. The summed E-state index contributed by atoms with van der Waals surface area (Å²) in [6.07, 6.45) is 0. The Morgan fingerprint density at radius 3 is 1.46 bits per heavy atom. The van der Waals surface area contributed by atoms with E-state index in [1.54, 1.807) is 0 Å². The van der Waals surface area contributed by atoms with Crippen LogP contribution in [0.3, 0.4) is 0 Å². The van der Waals surface area contributed by atoms with E-state index in [0.29, 0.717) is 0 Å². The monoisotopic (exact) mass is 238 g/mol. The Morgan fingerprint density at radius 1 is 0.846 bits per heavy atom. The summed E-state index contributed by atoms with van der Waals surface area (Å²) in [6.45, 7) is 18.1. The van der Waals surface area contributed by atoms with Crippen molar-refractivity contribution in [3.05, 3.63) is 0 Å². The van der Waals surface area contributed by atoms with Gasteiger partial charge in [0.05, 0.1) is 7.21 Å². The smallest absolute Gasteiger partial charge is 0.172 e. The molecule has 0 N–H and O–H groups in total. The summed E-state index contributed by atoms with van der Waals surface area (Å²) in [5.74, 6) is 0. The molecular weight excluding hydrogens is 214 g/mol. The molecule has 0 saturated carbocycles. The van der Waals surface area contributed by atoms with Crippen molar-refractivity contribution in [2.75, 3.05) is 33.3 Å². The van der Waals surface area contributed by atoms with Crippen molar-refractivity contribution in [3.8, 4) is 0 Å². The molecular formula is C8H24N2P2Si. The van der Waals surface area contributed by atoms with Crippen molar-refractivity contribution in [2.45, 2.75) is 19.6 Å². The first-order valence-corrected chi connectivity index (χ1v) is 13.7. The van der Waals surface area contributed by atoms with Gasteiger partial charge >= 0.3 is 0 Å². The molecule has 0 saturated heterocycles. The van der Waals surface area contributed by atoms with Gasteiger partial charge < -0.3 is 4.41 Å². The second kappa shape index (κ2) is 4.04. The number of nitrogens with zero attached hydrogens (tertiary/aromatic N) is 2. The van der Waals surface area contributed by atoms with Crippen LogP contribution < -0.4 is 0 Å². The Morgan fingerprint density at radius 2 is 1.23 bits per heavy atom. The van der Waals surface area contributed by atoms with Gasteiger partial charge in [0.15, 0.2) is 8.24 Å². The first kappa shape index (κ1) is 13.7. The van der Waals surface area contributed by atoms with Crippen LogP contribution >= 0.6 is 14.3 Å². The second-order valence-corrected chi connectivity index (χ2v) is 18.1. The lowest BCUT2D eigenvalue weighted by atomic mass is 11.8. The lowest BCUT2D eigenvalue weighted by molar-refractivity contribution is 1.56. The van der Waals surface area contributed by atoms with E-state index in [4.69, 9.17) is 8.93 Å². The molecule has 0 rings (SSSR count). The van der Waals surface area contributed by atoms with Crippen LogP contribution in [0.2, 0.25) is 19.6 Å². The molecule has 0 spiro atoms. The van der Waals surface area contributed by atoms with Gasteiger partial charge in [0.1, 0.15) is 0 Å². The number of hydrogen-bond donors (Lipinski definition) is 0. The first-order valence-electron chi connectivity index (χ1n) is 4.56. The third kappa shape index (κ3) is 8.99. The SMILES string of the molecule is C[Si](C)(C)N=P(C)(C)N=P(C)(C)C. The highest BCUT2D eigenvalue weighted by Crippen LogP contribution is 2.55. The molecule has 0 fully saturated rings. The molecule has 0 heterocycles. The quantitative estimate of drug-likeness (QED) is 0.506. The Balaban J connectivity index is 5.12. The van der Waals surface area contributed by atoms with Gasteiger partial charge in [-0.15, -0.1) is 0 Å². The summed E-state index contributed by atoms with van der Waals surface area (Å²) in [6, 6.07) is 0. The highest BCUT2D eigenvalue weighted by Gasteiger charge is 2.15. The van der Waals surface area contributed by atoms with Gasteiger partial charge in [-0.25, -0.2) is 0 Å². The van der Waals surface area contributed by atoms with Crippen LogP contribution in [0, 0.1) is 0 Å². The molecule has 0 bridgehead atoms. The summed E-state index contributed by atoms with van der Waals surface area (Å²) >= 11 is 0. The van der Waals surface area contributed by atoms with Crippen LogP contribution in [0.1, 0.15) is 0 Å². The van der Waals surface area contributed by atoms with E-state index in [1.165, 1.54) is 0 Å². The van der Waals surface area contributed by atoms with Crippen molar-refractivity contribution < 1.29 is 0 Å². The largest absolute Gasteiger partial charge is 0.319 e. The topological polar surface area (TPSA) is 24.7 Å². The molecule has 0 aliphatic heterocycles.